The lowest BCUT2D eigenvalue weighted by Gasteiger charge is -2.21. The number of carbonyl (C=O) groups excluding carboxylic acids is 3. The van der Waals surface area contributed by atoms with Gasteiger partial charge in [-0.05, 0) is 0 Å². The van der Waals surface area contributed by atoms with Crippen LogP contribution in [0.1, 0.15) is 50.2 Å². The van der Waals surface area contributed by atoms with Gasteiger partial charge in [0.05, 0.1) is 29.7 Å². The Morgan fingerprint density at radius 2 is 2.04 bits per heavy atom. The van der Waals surface area contributed by atoms with Crippen LogP contribution in [0.5, 0.6) is 0 Å². The Hall–Kier alpha value is -1.96. The topological polar surface area (TPSA) is 105 Å². The standard InChI is InChI=1S/C15H24N4O3S/c1-5-12(20)11(6-13(16)21)18-15(22)19(4)7-10-8-23-14(17-10)9(2)3/h8-9,11H,5-7H2,1-4H3,(H2,16,21)(H,18,22). The summed E-state index contributed by atoms with van der Waals surface area (Å²) in [7, 11) is 1.61. The summed E-state index contributed by atoms with van der Waals surface area (Å²) in [5.74, 6) is -0.503. The van der Waals surface area contributed by atoms with E-state index in [2.05, 4.69) is 24.1 Å². The summed E-state index contributed by atoms with van der Waals surface area (Å²) >= 11 is 1.56. The van der Waals surface area contributed by atoms with Crippen LogP contribution in [0, 0.1) is 0 Å². The highest BCUT2D eigenvalue weighted by molar-refractivity contribution is 7.09. The number of urea groups is 1. The highest BCUT2D eigenvalue weighted by Crippen LogP contribution is 2.19. The van der Waals surface area contributed by atoms with E-state index in [4.69, 9.17) is 5.73 Å². The number of hydrogen-bond donors (Lipinski definition) is 2. The van der Waals surface area contributed by atoms with Gasteiger partial charge in [0.2, 0.25) is 5.91 Å². The summed E-state index contributed by atoms with van der Waals surface area (Å²) in [6.07, 6.45) is 0.0340. The van der Waals surface area contributed by atoms with Gasteiger partial charge in [0.15, 0.2) is 5.78 Å². The third-order valence-corrected chi connectivity index (χ3v) is 4.44. The Kier molecular flexibility index (Phi) is 7.15. The summed E-state index contributed by atoms with van der Waals surface area (Å²) in [4.78, 5) is 40.9. The first-order chi connectivity index (χ1) is 10.7. The van der Waals surface area contributed by atoms with Gasteiger partial charge < -0.3 is 16.0 Å². The Morgan fingerprint density at radius 3 is 2.52 bits per heavy atom. The van der Waals surface area contributed by atoms with Crippen molar-refractivity contribution in [2.45, 2.75) is 52.1 Å². The number of nitrogens with one attached hydrogen (secondary N) is 1. The molecule has 0 saturated carbocycles. The summed E-state index contributed by atoms with van der Waals surface area (Å²) in [6, 6.07) is -1.31. The summed E-state index contributed by atoms with van der Waals surface area (Å²) < 4.78 is 0. The molecule has 0 aliphatic carbocycles. The van der Waals surface area contributed by atoms with Crippen LogP contribution in [-0.2, 0) is 16.1 Å². The van der Waals surface area contributed by atoms with Gasteiger partial charge in [0, 0.05) is 24.8 Å². The number of hydrogen-bond acceptors (Lipinski definition) is 5. The number of nitrogens with two attached hydrogens (primary N) is 1. The van der Waals surface area contributed by atoms with Gasteiger partial charge in [0.25, 0.3) is 0 Å². The smallest absolute Gasteiger partial charge is 0.318 e. The molecule has 128 valence electrons. The van der Waals surface area contributed by atoms with Crippen LogP contribution in [0.2, 0.25) is 0 Å². The molecule has 1 heterocycles. The van der Waals surface area contributed by atoms with Gasteiger partial charge in [-0.25, -0.2) is 9.78 Å². The largest absolute Gasteiger partial charge is 0.370 e. The molecule has 0 radical (unpaired) electrons. The molecule has 1 atom stereocenters. The van der Waals surface area contributed by atoms with Crippen LogP contribution in [-0.4, -0.2) is 40.7 Å². The molecule has 0 aliphatic heterocycles. The minimum Gasteiger partial charge on any atom is -0.370 e. The number of rotatable bonds is 8. The van der Waals surface area contributed by atoms with E-state index < -0.39 is 18.0 Å². The van der Waals surface area contributed by atoms with Crippen molar-refractivity contribution in [1.29, 1.82) is 0 Å². The Morgan fingerprint density at radius 1 is 1.39 bits per heavy atom. The number of carbonyl (C=O) groups is 3. The van der Waals surface area contributed by atoms with Gasteiger partial charge in [-0.2, -0.15) is 0 Å². The summed E-state index contributed by atoms with van der Waals surface area (Å²) in [5, 5.41) is 5.49. The highest BCUT2D eigenvalue weighted by Gasteiger charge is 2.23. The van der Waals surface area contributed by atoms with Crippen LogP contribution >= 0.6 is 11.3 Å². The number of amides is 3. The Bertz CT molecular complexity index is 571. The zero-order valence-corrected chi connectivity index (χ0v) is 14.8. The fourth-order valence-corrected chi connectivity index (χ4v) is 2.75. The molecule has 23 heavy (non-hydrogen) atoms. The van der Waals surface area contributed by atoms with Gasteiger partial charge in [0.1, 0.15) is 0 Å². The second-order valence-electron chi connectivity index (χ2n) is 5.68. The number of thiazole rings is 1. The van der Waals surface area contributed by atoms with Crippen molar-refractivity contribution in [2.75, 3.05) is 7.05 Å². The average molecular weight is 340 g/mol. The van der Waals surface area contributed by atoms with Gasteiger partial charge in [-0.15, -0.1) is 11.3 Å². The van der Waals surface area contributed by atoms with Crippen molar-refractivity contribution >= 4 is 29.1 Å². The molecule has 3 amide bonds. The fraction of sp³-hybridized carbons (Fsp3) is 0.600. The molecule has 1 aromatic heterocycles. The first kappa shape index (κ1) is 19.1. The molecule has 0 spiro atoms. The van der Waals surface area contributed by atoms with Crippen molar-refractivity contribution in [2.24, 2.45) is 5.73 Å². The summed E-state index contributed by atoms with van der Waals surface area (Å²) in [5.41, 5.74) is 5.92. The van der Waals surface area contributed by atoms with Crippen LogP contribution in [0.3, 0.4) is 0 Å². The quantitative estimate of drug-likeness (QED) is 0.750. The van der Waals surface area contributed by atoms with E-state index >= 15 is 0 Å². The fourth-order valence-electron chi connectivity index (χ4n) is 1.93. The molecule has 1 aromatic rings. The average Bonchev–Trinajstić information content (AvgIpc) is 2.93. The maximum Gasteiger partial charge on any atom is 0.318 e. The molecular formula is C15H24N4O3S. The monoisotopic (exact) mass is 340 g/mol. The van der Waals surface area contributed by atoms with Crippen molar-refractivity contribution in [3.8, 4) is 0 Å². The lowest BCUT2D eigenvalue weighted by Crippen LogP contribution is -2.47. The zero-order valence-electron chi connectivity index (χ0n) is 14.0. The van der Waals surface area contributed by atoms with E-state index in [1.165, 1.54) is 4.90 Å². The highest BCUT2D eigenvalue weighted by atomic mass is 32.1. The SMILES string of the molecule is CCC(=O)C(CC(N)=O)NC(=O)N(C)Cc1csc(C(C)C)n1. The zero-order chi connectivity index (χ0) is 17.6. The predicted molar refractivity (Wildman–Crippen MR) is 89.1 cm³/mol. The van der Waals surface area contributed by atoms with Crippen LogP contribution in [0.4, 0.5) is 4.79 Å². The molecule has 0 fully saturated rings. The molecule has 7 nitrogen and oxygen atoms in total. The number of primary amides is 1. The molecular weight excluding hydrogens is 316 g/mol. The molecule has 8 heteroatoms. The van der Waals surface area contributed by atoms with Crippen molar-refractivity contribution < 1.29 is 14.4 Å². The van der Waals surface area contributed by atoms with E-state index in [1.54, 1.807) is 25.3 Å². The lowest BCUT2D eigenvalue weighted by atomic mass is 10.1. The minimum absolute atomic E-state index is 0.194. The normalized spacial score (nSPS) is 12.0. The predicted octanol–water partition coefficient (Wildman–Crippen LogP) is 1.63. The van der Waals surface area contributed by atoms with Crippen LogP contribution in [0.15, 0.2) is 5.38 Å². The number of ketones is 1. The van der Waals surface area contributed by atoms with Crippen molar-refractivity contribution in [3.05, 3.63) is 16.1 Å². The number of nitrogens with zero attached hydrogens (tertiary/aromatic N) is 2. The van der Waals surface area contributed by atoms with E-state index in [0.29, 0.717) is 12.5 Å². The third kappa shape index (κ3) is 5.97. The maximum atomic E-state index is 12.2. The molecule has 1 unspecified atom stereocenters. The second kappa shape index (κ2) is 8.61. The molecule has 0 aromatic carbocycles. The first-order valence-electron chi connectivity index (χ1n) is 7.51. The Labute approximate surface area is 140 Å². The van der Waals surface area contributed by atoms with Crippen LogP contribution < -0.4 is 11.1 Å². The van der Waals surface area contributed by atoms with E-state index in [1.807, 2.05) is 5.38 Å². The summed E-state index contributed by atoms with van der Waals surface area (Å²) in [6.45, 7) is 6.13. The molecule has 3 N–H and O–H groups in total. The number of aromatic nitrogens is 1. The Balaban J connectivity index is 2.66. The van der Waals surface area contributed by atoms with Crippen molar-refractivity contribution in [3.63, 3.8) is 0 Å². The molecule has 0 bridgehead atoms. The first-order valence-corrected chi connectivity index (χ1v) is 8.39. The van der Waals surface area contributed by atoms with Crippen molar-refractivity contribution in [1.82, 2.24) is 15.2 Å². The van der Waals surface area contributed by atoms with Gasteiger partial charge >= 0.3 is 6.03 Å². The van der Waals surface area contributed by atoms with E-state index in [0.717, 1.165) is 10.7 Å². The van der Waals surface area contributed by atoms with Gasteiger partial charge in [-0.3, -0.25) is 9.59 Å². The van der Waals surface area contributed by atoms with Crippen LogP contribution in [0.25, 0.3) is 0 Å². The van der Waals surface area contributed by atoms with E-state index in [-0.39, 0.29) is 18.6 Å². The lowest BCUT2D eigenvalue weighted by molar-refractivity contribution is -0.125. The maximum absolute atomic E-state index is 12.2. The molecule has 0 saturated heterocycles. The minimum atomic E-state index is -0.880. The molecule has 0 aliphatic rings. The number of Topliss-reactive ketones (excluding diaryl/α,β-unsaturated/α-hetero) is 1. The van der Waals surface area contributed by atoms with Gasteiger partial charge in [-0.1, -0.05) is 20.8 Å². The van der Waals surface area contributed by atoms with E-state index in [9.17, 15) is 14.4 Å². The molecule has 1 rings (SSSR count). The third-order valence-electron chi connectivity index (χ3n) is 3.25. The second-order valence-corrected chi connectivity index (χ2v) is 6.57.